The van der Waals surface area contributed by atoms with Gasteiger partial charge in [-0.1, -0.05) is 5.11 Å². The molecule has 0 radical (unpaired) electrons. The van der Waals surface area contributed by atoms with Gasteiger partial charge in [-0.3, -0.25) is 4.79 Å². The second-order valence-corrected chi connectivity index (χ2v) is 3.42. The minimum Gasteiger partial charge on any atom is -0.459 e. The molecule has 1 heterocycles. The van der Waals surface area contributed by atoms with Crippen molar-refractivity contribution in [3.8, 4) is 0 Å². The van der Waals surface area contributed by atoms with Crippen LogP contribution in [0.4, 0.5) is 0 Å². The molecule has 2 fully saturated rings. The summed E-state index contributed by atoms with van der Waals surface area (Å²) in [5.74, 6) is -0.244. The summed E-state index contributed by atoms with van der Waals surface area (Å²) in [4.78, 5) is 13.5. The lowest BCUT2D eigenvalue weighted by Gasteiger charge is -2.13. The summed E-state index contributed by atoms with van der Waals surface area (Å²) in [6.07, 6.45) is -0.406. The third-order valence-corrected chi connectivity index (χ3v) is 2.64. The summed E-state index contributed by atoms with van der Waals surface area (Å²) in [5, 5.41) is 13.0. The molecule has 0 aromatic carbocycles. The maximum absolute atomic E-state index is 10.8. The zero-order valence-electron chi connectivity index (χ0n) is 6.83. The lowest BCUT2D eigenvalue weighted by Crippen LogP contribution is -2.29. The normalized spacial score (nSPS) is 42.4. The van der Waals surface area contributed by atoms with Gasteiger partial charge < -0.3 is 9.84 Å². The van der Waals surface area contributed by atoms with Gasteiger partial charge in [0.05, 0.1) is 18.6 Å². The first-order chi connectivity index (χ1) is 6.22. The van der Waals surface area contributed by atoms with Gasteiger partial charge in [0.2, 0.25) is 0 Å². The third-order valence-electron chi connectivity index (χ3n) is 2.64. The maximum Gasteiger partial charge on any atom is 0.306 e. The van der Waals surface area contributed by atoms with Gasteiger partial charge in [0.25, 0.3) is 0 Å². The zero-order valence-corrected chi connectivity index (χ0v) is 6.83. The molecular weight excluding hydrogens is 174 g/mol. The summed E-state index contributed by atoms with van der Waals surface area (Å²) in [5.41, 5.74) is 8.20. The molecule has 0 amide bonds. The number of carbonyl (C=O) groups excluding carboxylic acids is 1. The number of hydrogen-bond donors (Lipinski definition) is 1. The van der Waals surface area contributed by atoms with Crippen LogP contribution in [0.5, 0.6) is 0 Å². The molecule has 6 nitrogen and oxygen atoms in total. The topological polar surface area (TPSA) is 95.3 Å². The smallest absolute Gasteiger partial charge is 0.306 e. The van der Waals surface area contributed by atoms with Crippen molar-refractivity contribution < 1.29 is 14.6 Å². The fourth-order valence-electron chi connectivity index (χ4n) is 2.04. The van der Waals surface area contributed by atoms with E-state index >= 15 is 0 Å². The van der Waals surface area contributed by atoms with E-state index in [2.05, 4.69) is 10.0 Å². The van der Waals surface area contributed by atoms with Crippen molar-refractivity contribution in [2.45, 2.75) is 31.1 Å². The molecule has 2 aliphatic rings. The molecule has 1 saturated heterocycles. The summed E-state index contributed by atoms with van der Waals surface area (Å²) < 4.78 is 4.90. The number of hydrogen-bond acceptors (Lipinski definition) is 4. The summed E-state index contributed by atoms with van der Waals surface area (Å²) >= 11 is 0. The van der Waals surface area contributed by atoms with Gasteiger partial charge in [-0.05, 0) is 12.0 Å². The predicted octanol–water partition coefficient (Wildman–Crippen LogP) is 0.362. The Balaban J connectivity index is 2.12. The largest absolute Gasteiger partial charge is 0.459 e. The highest BCUT2D eigenvalue weighted by Gasteiger charge is 2.49. The molecule has 2 rings (SSSR count). The Kier molecular flexibility index (Phi) is 1.86. The van der Waals surface area contributed by atoms with Crippen LogP contribution in [0, 0.1) is 5.92 Å². The lowest BCUT2D eigenvalue weighted by molar-refractivity contribution is -0.145. The lowest BCUT2D eigenvalue weighted by atomic mass is 10.0. The molecule has 4 unspecified atom stereocenters. The van der Waals surface area contributed by atoms with Crippen LogP contribution < -0.4 is 0 Å². The van der Waals surface area contributed by atoms with E-state index in [1.807, 2.05) is 0 Å². The quantitative estimate of drug-likeness (QED) is 0.275. The van der Waals surface area contributed by atoms with Gasteiger partial charge in [0.15, 0.2) is 0 Å². The van der Waals surface area contributed by atoms with E-state index < -0.39 is 18.2 Å². The van der Waals surface area contributed by atoms with E-state index in [1.165, 1.54) is 0 Å². The summed E-state index contributed by atoms with van der Waals surface area (Å²) in [6.45, 7) is 0. The highest BCUT2D eigenvalue weighted by atomic mass is 16.6. The molecule has 13 heavy (non-hydrogen) atoms. The molecule has 1 aliphatic heterocycles. The van der Waals surface area contributed by atoms with Crippen molar-refractivity contribution in [3.63, 3.8) is 0 Å². The first kappa shape index (κ1) is 8.34. The van der Waals surface area contributed by atoms with Crippen molar-refractivity contribution in [1.29, 1.82) is 0 Å². The highest BCUT2D eigenvalue weighted by molar-refractivity contribution is 5.72. The van der Waals surface area contributed by atoms with Gasteiger partial charge in [-0.15, -0.1) is 0 Å². The Morgan fingerprint density at radius 2 is 2.46 bits per heavy atom. The van der Waals surface area contributed by atoms with E-state index in [4.69, 9.17) is 10.3 Å². The number of ether oxygens (including phenoxy) is 1. The SMILES string of the molecule is [N-]=[N+]=NC1CC2CC(=O)OC2C1O. The van der Waals surface area contributed by atoms with Gasteiger partial charge in [0, 0.05) is 10.8 Å². The monoisotopic (exact) mass is 183 g/mol. The number of carbonyl (C=O) groups is 1. The molecule has 70 valence electrons. The molecule has 1 N–H and O–H groups in total. The van der Waals surface area contributed by atoms with E-state index in [1.54, 1.807) is 0 Å². The second-order valence-electron chi connectivity index (χ2n) is 3.42. The molecule has 1 saturated carbocycles. The minimum atomic E-state index is -0.827. The second kappa shape index (κ2) is 2.90. The van der Waals surface area contributed by atoms with E-state index in [9.17, 15) is 9.90 Å². The molecule has 0 aromatic heterocycles. The van der Waals surface area contributed by atoms with Crippen LogP contribution in [0.25, 0.3) is 10.4 Å². The Bertz CT molecular complexity index is 287. The molecule has 1 aliphatic carbocycles. The molecular formula is C7H9N3O3. The van der Waals surface area contributed by atoms with Crippen molar-refractivity contribution in [1.82, 2.24) is 0 Å². The highest BCUT2D eigenvalue weighted by Crippen LogP contribution is 2.38. The molecule has 0 bridgehead atoms. The maximum atomic E-state index is 10.8. The van der Waals surface area contributed by atoms with Crippen molar-refractivity contribution in [2.24, 2.45) is 11.0 Å². The number of nitrogens with zero attached hydrogens (tertiary/aromatic N) is 3. The van der Waals surface area contributed by atoms with Crippen LogP contribution in [0.3, 0.4) is 0 Å². The number of fused-ring (bicyclic) bond motifs is 1. The number of aliphatic hydroxyl groups excluding tert-OH is 1. The Morgan fingerprint density at radius 1 is 1.69 bits per heavy atom. The fourth-order valence-corrected chi connectivity index (χ4v) is 2.04. The summed E-state index contributed by atoms with van der Waals surface area (Å²) in [7, 11) is 0. The number of rotatable bonds is 1. The van der Waals surface area contributed by atoms with Crippen LogP contribution >= 0.6 is 0 Å². The first-order valence-corrected chi connectivity index (χ1v) is 4.14. The Morgan fingerprint density at radius 3 is 3.08 bits per heavy atom. The molecule has 0 spiro atoms. The average molecular weight is 183 g/mol. The van der Waals surface area contributed by atoms with Gasteiger partial charge in [-0.2, -0.15) is 0 Å². The van der Waals surface area contributed by atoms with Crippen LogP contribution in [0.1, 0.15) is 12.8 Å². The van der Waals surface area contributed by atoms with Crippen molar-refractivity contribution in [2.75, 3.05) is 0 Å². The van der Waals surface area contributed by atoms with E-state index in [0.717, 1.165) is 0 Å². The standard InChI is InChI=1S/C7H9N3O3/c8-10-9-4-1-3-2-5(11)13-7(3)6(4)12/h3-4,6-7,12H,1-2H2. The third kappa shape index (κ3) is 1.24. The van der Waals surface area contributed by atoms with Crippen LogP contribution in [-0.2, 0) is 9.53 Å². The van der Waals surface area contributed by atoms with Crippen LogP contribution in [0.2, 0.25) is 0 Å². The number of aliphatic hydroxyl groups is 1. The Hall–Kier alpha value is -1.26. The number of azide groups is 1. The van der Waals surface area contributed by atoms with Gasteiger partial charge in [0.1, 0.15) is 6.10 Å². The molecule has 6 heteroatoms. The zero-order chi connectivity index (χ0) is 9.42. The van der Waals surface area contributed by atoms with E-state index in [0.29, 0.717) is 12.8 Å². The minimum absolute atomic E-state index is 0.0259. The van der Waals surface area contributed by atoms with Crippen LogP contribution in [0.15, 0.2) is 5.11 Å². The number of esters is 1. The van der Waals surface area contributed by atoms with Gasteiger partial charge in [-0.25, -0.2) is 0 Å². The predicted molar refractivity (Wildman–Crippen MR) is 41.5 cm³/mol. The average Bonchev–Trinajstić information content (AvgIpc) is 2.54. The first-order valence-electron chi connectivity index (χ1n) is 4.14. The summed E-state index contributed by atoms with van der Waals surface area (Å²) in [6, 6.07) is -0.437. The van der Waals surface area contributed by atoms with Gasteiger partial charge >= 0.3 is 5.97 Å². The van der Waals surface area contributed by atoms with Crippen molar-refractivity contribution in [3.05, 3.63) is 10.4 Å². The van der Waals surface area contributed by atoms with Crippen LogP contribution in [-0.4, -0.2) is 29.3 Å². The Labute approximate surface area is 74.1 Å². The van der Waals surface area contributed by atoms with E-state index in [-0.39, 0.29) is 11.9 Å². The van der Waals surface area contributed by atoms with Crippen molar-refractivity contribution >= 4 is 5.97 Å². The fraction of sp³-hybridized carbons (Fsp3) is 0.857. The molecule has 0 aromatic rings. The molecule has 4 atom stereocenters.